The normalized spacial score (nSPS) is 20.9. The first-order valence-corrected chi connectivity index (χ1v) is 7.58. The first-order valence-electron chi connectivity index (χ1n) is 7.58. The number of allylic oxidation sites excluding steroid dienone is 2. The minimum Gasteiger partial charge on any atom is -0.386 e. The molecule has 2 heteroatoms. The SMILES string of the molecule is CCCC(C)C(/C=C(\C)NC1CCCCC1)=NC. The van der Waals surface area contributed by atoms with E-state index >= 15 is 0 Å². The first kappa shape index (κ1) is 15.3. The Morgan fingerprint density at radius 2 is 2.00 bits per heavy atom. The van der Waals surface area contributed by atoms with Crippen molar-refractivity contribution in [3.63, 3.8) is 0 Å². The summed E-state index contributed by atoms with van der Waals surface area (Å²) < 4.78 is 0. The van der Waals surface area contributed by atoms with Gasteiger partial charge in [-0.1, -0.05) is 39.5 Å². The molecule has 1 aliphatic carbocycles. The van der Waals surface area contributed by atoms with Gasteiger partial charge in [0, 0.05) is 24.5 Å². The predicted molar refractivity (Wildman–Crippen MR) is 81.2 cm³/mol. The maximum absolute atomic E-state index is 4.44. The van der Waals surface area contributed by atoms with E-state index in [1.54, 1.807) is 0 Å². The fourth-order valence-corrected chi connectivity index (χ4v) is 2.84. The summed E-state index contributed by atoms with van der Waals surface area (Å²) in [5.41, 5.74) is 2.52. The van der Waals surface area contributed by atoms with Gasteiger partial charge in [0.25, 0.3) is 0 Å². The van der Waals surface area contributed by atoms with E-state index in [4.69, 9.17) is 0 Å². The Morgan fingerprint density at radius 3 is 2.56 bits per heavy atom. The number of rotatable bonds is 6. The topological polar surface area (TPSA) is 24.4 Å². The van der Waals surface area contributed by atoms with Crippen LogP contribution in [0.2, 0.25) is 0 Å². The molecule has 1 rings (SSSR count). The van der Waals surface area contributed by atoms with Crippen molar-refractivity contribution >= 4 is 5.71 Å². The average molecular weight is 250 g/mol. The molecule has 0 saturated heterocycles. The fraction of sp³-hybridized carbons (Fsp3) is 0.812. The number of hydrogen-bond acceptors (Lipinski definition) is 2. The highest BCUT2D eigenvalue weighted by Crippen LogP contribution is 2.18. The molecule has 0 amide bonds. The third-order valence-electron chi connectivity index (χ3n) is 3.89. The Hall–Kier alpha value is -0.790. The van der Waals surface area contributed by atoms with Crippen LogP contribution in [0.3, 0.4) is 0 Å². The van der Waals surface area contributed by atoms with Gasteiger partial charge in [-0.05, 0) is 38.2 Å². The van der Waals surface area contributed by atoms with Crippen LogP contribution in [-0.4, -0.2) is 18.8 Å². The van der Waals surface area contributed by atoms with E-state index in [1.807, 2.05) is 7.05 Å². The molecule has 2 nitrogen and oxygen atoms in total. The second kappa shape index (κ2) is 8.34. The molecule has 0 spiro atoms. The first-order chi connectivity index (χ1) is 8.67. The molecule has 1 saturated carbocycles. The Balaban J connectivity index is 2.51. The molecule has 0 bridgehead atoms. The van der Waals surface area contributed by atoms with Gasteiger partial charge in [-0.2, -0.15) is 0 Å². The smallest absolute Gasteiger partial charge is 0.0390 e. The van der Waals surface area contributed by atoms with E-state index in [9.17, 15) is 0 Å². The van der Waals surface area contributed by atoms with Crippen molar-refractivity contribution < 1.29 is 0 Å². The van der Waals surface area contributed by atoms with Crippen molar-refractivity contribution in [3.05, 3.63) is 11.8 Å². The lowest BCUT2D eigenvalue weighted by Gasteiger charge is -2.24. The maximum Gasteiger partial charge on any atom is 0.0390 e. The second-order valence-corrected chi connectivity index (χ2v) is 5.64. The van der Waals surface area contributed by atoms with Crippen LogP contribution in [0.1, 0.15) is 65.7 Å². The van der Waals surface area contributed by atoms with Gasteiger partial charge in [-0.25, -0.2) is 0 Å². The highest BCUT2D eigenvalue weighted by atomic mass is 14.9. The maximum atomic E-state index is 4.44. The second-order valence-electron chi connectivity index (χ2n) is 5.64. The van der Waals surface area contributed by atoms with E-state index in [-0.39, 0.29) is 0 Å². The van der Waals surface area contributed by atoms with Gasteiger partial charge in [-0.15, -0.1) is 0 Å². The van der Waals surface area contributed by atoms with Gasteiger partial charge in [0.2, 0.25) is 0 Å². The van der Waals surface area contributed by atoms with Crippen molar-refractivity contribution in [3.8, 4) is 0 Å². The van der Waals surface area contributed by atoms with Crippen molar-refractivity contribution in [1.82, 2.24) is 5.32 Å². The predicted octanol–water partition coefficient (Wildman–Crippen LogP) is 4.32. The summed E-state index contributed by atoms with van der Waals surface area (Å²) in [6.45, 7) is 6.69. The minimum atomic E-state index is 0.572. The Morgan fingerprint density at radius 1 is 1.33 bits per heavy atom. The molecule has 0 heterocycles. The molecule has 1 atom stereocenters. The monoisotopic (exact) mass is 250 g/mol. The van der Waals surface area contributed by atoms with Gasteiger partial charge >= 0.3 is 0 Å². The van der Waals surface area contributed by atoms with Crippen LogP contribution >= 0.6 is 0 Å². The Kier molecular flexibility index (Phi) is 7.07. The lowest BCUT2D eigenvalue weighted by Crippen LogP contribution is -2.30. The summed E-state index contributed by atoms with van der Waals surface area (Å²) in [5, 5.41) is 3.66. The van der Waals surface area contributed by atoms with Crippen LogP contribution in [0.4, 0.5) is 0 Å². The van der Waals surface area contributed by atoms with Crippen LogP contribution in [0.5, 0.6) is 0 Å². The molecule has 0 aromatic rings. The van der Waals surface area contributed by atoms with Crippen LogP contribution in [0.15, 0.2) is 16.8 Å². The van der Waals surface area contributed by atoms with Crippen LogP contribution in [-0.2, 0) is 0 Å². The number of hydrogen-bond donors (Lipinski definition) is 1. The molecule has 18 heavy (non-hydrogen) atoms. The lowest BCUT2D eigenvalue weighted by molar-refractivity contribution is 0.397. The third kappa shape index (κ3) is 5.24. The van der Waals surface area contributed by atoms with Crippen LogP contribution in [0, 0.1) is 5.92 Å². The van der Waals surface area contributed by atoms with Gasteiger partial charge in [0.15, 0.2) is 0 Å². The highest BCUT2D eigenvalue weighted by Gasteiger charge is 2.13. The van der Waals surface area contributed by atoms with Crippen LogP contribution in [0.25, 0.3) is 0 Å². The number of nitrogens with one attached hydrogen (secondary N) is 1. The van der Waals surface area contributed by atoms with E-state index in [0.29, 0.717) is 12.0 Å². The lowest BCUT2D eigenvalue weighted by atomic mass is 9.95. The molecular weight excluding hydrogens is 220 g/mol. The molecule has 1 aliphatic rings. The van der Waals surface area contributed by atoms with Gasteiger partial charge < -0.3 is 5.32 Å². The fourth-order valence-electron chi connectivity index (χ4n) is 2.84. The van der Waals surface area contributed by atoms with E-state index in [1.165, 1.54) is 56.4 Å². The largest absolute Gasteiger partial charge is 0.386 e. The van der Waals surface area contributed by atoms with E-state index in [2.05, 4.69) is 37.2 Å². The van der Waals surface area contributed by atoms with Crippen molar-refractivity contribution in [2.75, 3.05) is 7.05 Å². The highest BCUT2D eigenvalue weighted by molar-refractivity contribution is 5.96. The average Bonchev–Trinajstić information content (AvgIpc) is 2.37. The molecule has 0 aromatic carbocycles. The number of nitrogens with zero attached hydrogens (tertiary/aromatic N) is 1. The van der Waals surface area contributed by atoms with Crippen molar-refractivity contribution in [1.29, 1.82) is 0 Å². The van der Waals surface area contributed by atoms with E-state index < -0.39 is 0 Å². The Labute approximate surface area is 113 Å². The summed E-state index contributed by atoms with van der Waals surface area (Å²) in [7, 11) is 1.91. The zero-order valence-corrected chi connectivity index (χ0v) is 12.6. The molecule has 1 fully saturated rings. The standard InChI is InChI=1S/C16H30N2/c1-5-9-13(2)16(17-4)12-14(3)18-15-10-7-6-8-11-15/h12-13,15,18H,5-11H2,1-4H3/b14-12+,17-16?. The number of aliphatic imine (C=N–C) groups is 1. The van der Waals surface area contributed by atoms with Gasteiger partial charge in [0.1, 0.15) is 0 Å². The Bertz CT molecular complexity index is 285. The van der Waals surface area contributed by atoms with Crippen molar-refractivity contribution in [2.24, 2.45) is 10.9 Å². The summed E-state index contributed by atoms with van der Waals surface area (Å²) in [4.78, 5) is 4.44. The van der Waals surface area contributed by atoms with Crippen LogP contribution < -0.4 is 5.32 Å². The molecular formula is C16H30N2. The molecule has 0 aliphatic heterocycles. The molecule has 1 unspecified atom stereocenters. The summed E-state index contributed by atoms with van der Waals surface area (Å²) in [5.74, 6) is 0.572. The van der Waals surface area contributed by atoms with Crippen molar-refractivity contribution in [2.45, 2.75) is 71.8 Å². The molecule has 1 N–H and O–H groups in total. The zero-order valence-electron chi connectivity index (χ0n) is 12.6. The molecule has 104 valence electrons. The summed E-state index contributed by atoms with van der Waals surface area (Å²) in [6, 6.07) is 0.689. The minimum absolute atomic E-state index is 0.572. The zero-order chi connectivity index (χ0) is 13.4. The molecule has 0 radical (unpaired) electrons. The quantitative estimate of drug-likeness (QED) is 0.698. The van der Waals surface area contributed by atoms with E-state index in [0.717, 1.165) is 0 Å². The summed E-state index contributed by atoms with van der Waals surface area (Å²) >= 11 is 0. The summed E-state index contributed by atoms with van der Waals surface area (Å²) in [6.07, 6.45) is 11.5. The molecule has 0 aromatic heterocycles. The van der Waals surface area contributed by atoms with Gasteiger partial charge in [0.05, 0.1) is 0 Å². The third-order valence-corrected chi connectivity index (χ3v) is 3.89. The van der Waals surface area contributed by atoms with Gasteiger partial charge in [-0.3, -0.25) is 4.99 Å².